The van der Waals surface area contributed by atoms with Crippen molar-refractivity contribution in [2.75, 3.05) is 0 Å². The summed E-state index contributed by atoms with van der Waals surface area (Å²) in [5.74, 6) is -0.0646. The van der Waals surface area contributed by atoms with Crippen molar-refractivity contribution >= 4 is 17.0 Å². The number of carbonyl (C=O) groups is 1. The van der Waals surface area contributed by atoms with Crippen molar-refractivity contribution in [1.29, 1.82) is 0 Å². The lowest BCUT2D eigenvalue weighted by atomic mass is 9.75. The largest absolute Gasteiger partial charge is 0.490 e. The monoisotopic (exact) mass is 491 g/mol. The molecular weight excluding hydrogens is 459 g/mol. The molecule has 1 heterocycles. The van der Waals surface area contributed by atoms with Crippen LogP contribution in [-0.4, -0.2) is 33.3 Å². The maximum absolute atomic E-state index is 10.6. The minimum atomic E-state index is -5.08. The number of aliphatic carboxylic acids is 1. The third-order valence-corrected chi connectivity index (χ3v) is 6.17. The summed E-state index contributed by atoms with van der Waals surface area (Å²) in [7, 11) is 0. The third-order valence-electron chi connectivity index (χ3n) is 6.17. The van der Waals surface area contributed by atoms with E-state index in [9.17, 15) is 13.2 Å². The number of nitrogens with one attached hydrogen (secondary N) is 2. The molecule has 1 aromatic heterocycles. The highest BCUT2D eigenvalue weighted by Gasteiger charge is 2.38. The molecule has 0 bridgehead atoms. The van der Waals surface area contributed by atoms with Crippen LogP contribution in [-0.2, 0) is 17.8 Å². The second-order valence-electron chi connectivity index (χ2n) is 9.58. The molecule has 4 rings (SSSR count). The standard InChI is InChI=1S/C24H31N3O.C2HF3O2/c1-4-23-26-21-10-9-20(15-22(21)27-23)28-19-7-5-17(6-8-19)16-25-18-11-13-24(2,3)14-12-18;3-2(4,5)1(6)7/h5-10,15,18,25H,4,11-14,16H2,1-3H3,(H,26,27);(H,6,7). The summed E-state index contributed by atoms with van der Waals surface area (Å²) in [4.78, 5) is 16.8. The molecule has 3 aromatic rings. The van der Waals surface area contributed by atoms with Gasteiger partial charge in [0.2, 0.25) is 0 Å². The van der Waals surface area contributed by atoms with Gasteiger partial charge in [-0.15, -0.1) is 0 Å². The Morgan fingerprint density at radius 3 is 2.31 bits per heavy atom. The van der Waals surface area contributed by atoms with E-state index < -0.39 is 12.1 Å². The number of fused-ring (bicyclic) bond motifs is 1. The Balaban J connectivity index is 0.000000429. The molecule has 35 heavy (non-hydrogen) atoms. The average molecular weight is 492 g/mol. The van der Waals surface area contributed by atoms with Crippen LogP contribution in [0.1, 0.15) is 57.8 Å². The van der Waals surface area contributed by atoms with Crippen LogP contribution < -0.4 is 10.1 Å². The molecule has 9 heteroatoms. The van der Waals surface area contributed by atoms with Gasteiger partial charge < -0.3 is 20.1 Å². The fourth-order valence-electron chi connectivity index (χ4n) is 3.95. The van der Waals surface area contributed by atoms with Crippen LogP contribution >= 0.6 is 0 Å². The summed E-state index contributed by atoms with van der Waals surface area (Å²) in [5, 5.41) is 10.8. The van der Waals surface area contributed by atoms with Gasteiger partial charge in [0, 0.05) is 25.1 Å². The zero-order chi connectivity index (χ0) is 25.6. The number of aromatic nitrogens is 2. The summed E-state index contributed by atoms with van der Waals surface area (Å²) in [6.07, 6.45) is 1.02. The van der Waals surface area contributed by atoms with Gasteiger partial charge in [0.25, 0.3) is 0 Å². The smallest absolute Gasteiger partial charge is 0.475 e. The lowest BCUT2D eigenvalue weighted by Crippen LogP contribution is -2.35. The minimum absolute atomic E-state index is 0.522. The Hall–Kier alpha value is -3.07. The predicted molar refractivity (Wildman–Crippen MR) is 129 cm³/mol. The van der Waals surface area contributed by atoms with Crippen molar-refractivity contribution in [2.45, 2.75) is 71.6 Å². The molecule has 1 saturated carbocycles. The van der Waals surface area contributed by atoms with E-state index in [1.54, 1.807) is 0 Å². The summed E-state index contributed by atoms with van der Waals surface area (Å²) >= 11 is 0. The molecular formula is C26H32F3N3O3. The molecule has 1 aliphatic rings. The van der Waals surface area contributed by atoms with Crippen LogP contribution in [0.3, 0.4) is 0 Å². The Morgan fingerprint density at radius 1 is 1.14 bits per heavy atom. The second kappa shape index (κ2) is 11.1. The van der Waals surface area contributed by atoms with E-state index in [-0.39, 0.29) is 0 Å². The van der Waals surface area contributed by atoms with E-state index in [0.29, 0.717) is 11.5 Å². The van der Waals surface area contributed by atoms with Gasteiger partial charge in [-0.05, 0) is 60.9 Å². The number of rotatable bonds is 6. The molecule has 2 aromatic carbocycles. The van der Waals surface area contributed by atoms with E-state index in [1.165, 1.54) is 31.2 Å². The quantitative estimate of drug-likeness (QED) is 0.361. The number of carboxylic acids is 1. The maximum Gasteiger partial charge on any atom is 0.490 e. The molecule has 0 radical (unpaired) electrons. The van der Waals surface area contributed by atoms with Crippen LogP contribution in [0, 0.1) is 5.41 Å². The highest BCUT2D eigenvalue weighted by molar-refractivity contribution is 5.77. The summed E-state index contributed by atoms with van der Waals surface area (Å²) in [6, 6.07) is 15.1. The van der Waals surface area contributed by atoms with E-state index in [0.717, 1.165) is 41.3 Å². The molecule has 0 saturated heterocycles. The number of ether oxygens (including phenoxy) is 1. The van der Waals surface area contributed by atoms with E-state index in [2.05, 4.69) is 60.3 Å². The van der Waals surface area contributed by atoms with Gasteiger partial charge in [-0.2, -0.15) is 13.2 Å². The number of aromatic amines is 1. The zero-order valence-corrected chi connectivity index (χ0v) is 20.2. The zero-order valence-electron chi connectivity index (χ0n) is 20.2. The normalized spacial score (nSPS) is 15.9. The number of H-pyrrole nitrogens is 1. The van der Waals surface area contributed by atoms with Crippen LogP contribution in [0.4, 0.5) is 13.2 Å². The topological polar surface area (TPSA) is 87.2 Å². The van der Waals surface area contributed by atoms with Gasteiger partial charge in [0.05, 0.1) is 11.0 Å². The van der Waals surface area contributed by atoms with Gasteiger partial charge in [0.15, 0.2) is 0 Å². The summed E-state index contributed by atoms with van der Waals surface area (Å²) in [6.45, 7) is 7.79. The number of benzene rings is 2. The molecule has 0 amide bonds. The van der Waals surface area contributed by atoms with Gasteiger partial charge in [-0.25, -0.2) is 9.78 Å². The SMILES string of the molecule is CCc1nc2ccc(Oc3ccc(CNC4CCC(C)(C)CC4)cc3)cc2[nH]1.O=C(O)C(F)(F)F. The number of carboxylic acid groups (broad SMARTS) is 1. The maximum atomic E-state index is 10.6. The Labute approximate surface area is 202 Å². The van der Waals surface area contributed by atoms with E-state index in [4.69, 9.17) is 14.6 Å². The number of halogens is 3. The molecule has 1 aliphatic carbocycles. The number of hydrogen-bond donors (Lipinski definition) is 3. The third kappa shape index (κ3) is 7.99. The Morgan fingerprint density at radius 2 is 1.74 bits per heavy atom. The van der Waals surface area contributed by atoms with E-state index >= 15 is 0 Å². The van der Waals surface area contributed by atoms with Crippen molar-refractivity contribution in [2.24, 2.45) is 5.41 Å². The van der Waals surface area contributed by atoms with Gasteiger partial charge >= 0.3 is 12.1 Å². The molecule has 0 unspecified atom stereocenters. The molecule has 0 spiro atoms. The lowest BCUT2D eigenvalue weighted by Gasteiger charge is -2.34. The first kappa shape index (κ1) is 26.5. The number of imidazole rings is 1. The van der Waals surface area contributed by atoms with Crippen molar-refractivity contribution in [3.63, 3.8) is 0 Å². The first-order valence-corrected chi connectivity index (χ1v) is 11.7. The molecule has 1 fully saturated rings. The Kier molecular flexibility index (Phi) is 8.43. The predicted octanol–water partition coefficient (Wildman–Crippen LogP) is 6.61. The number of aryl methyl sites for hydroxylation is 1. The van der Waals surface area contributed by atoms with Crippen LogP contribution in [0.2, 0.25) is 0 Å². The lowest BCUT2D eigenvalue weighted by molar-refractivity contribution is -0.192. The second-order valence-corrected chi connectivity index (χ2v) is 9.58. The fourth-order valence-corrected chi connectivity index (χ4v) is 3.95. The average Bonchev–Trinajstić information content (AvgIpc) is 3.22. The van der Waals surface area contributed by atoms with Gasteiger partial charge in [0.1, 0.15) is 17.3 Å². The van der Waals surface area contributed by atoms with Gasteiger partial charge in [-0.1, -0.05) is 32.9 Å². The van der Waals surface area contributed by atoms with Crippen molar-refractivity contribution < 1.29 is 27.8 Å². The van der Waals surface area contributed by atoms with Crippen molar-refractivity contribution in [1.82, 2.24) is 15.3 Å². The first-order chi connectivity index (χ1) is 16.4. The molecule has 6 nitrogen and oxygen atoms in total. The van der Waals surface area contributed by atoms with Gasteiger partial charge in [-0.3, -0.25) is 0 Å². The van der Waals surface area contributed by atoms with Crippen LogP contribution in [0.25, 0.3) is 11.0 Å². The first-order valence-electron chi connectivity index (χ1n) is 11.7. The molecule has 3 N–H and O–H groups in total. The van der Waals surface area contributed by atoms with Crippen molar-refractivity contribution in [3.8, 4) is 11.5 Å². The number of alkyl halides is 3. The number of hydrogen-bond acceptors (Lipinski definition) is 4. The number of nitrogens with zero attached hydrogens (tertiary/aromatic N) is 1. The Bertz CT molecular complexity index is 1110. The van der Waals surface area contributed by atoms with Crippen LogP contribution in [0.5, 0.6) is 11.5 Å². The highest BCUT2D eigenvalue weighted by atomic mass is 19.4. The molecule has 190 valence electrons. The highest BCUT2D eigenvalue weighted by Crippen LogP contribution is 2.35. The van der Waals surface area contributed by atoms with Crippen LogP contribution in [0.15, 0.2) is 42.5 Å². The fraction of sp³-hybridized carbons (Fsp3) is 0.462. The van der Waals surface area contributed by atoms with E-state index in [1.807, 2.05) is 18.2 Å². The molecule has 0 atom stereocenters. The summed E-state index contributed by atoms with van der Waals surface area (Å²) in [5.41, 5.74) is 3.82. The molecule has 0 aliphatic heterocycles. The summed E-state index contributed by atoms with van der Waals surface area (Å²) < 4.78 is 37.8. The minimum Gasteiger partial charge on any atom is -0.475 e. The van der Waals surface area contributed by atoms with Crippen molar-refractivity contribution in [3.05, 3.63) is 53.9 Å².